The molecule has 0 spiro atoms. The van der Waals surface area contributed by atoms with Crippen LogP contribution < -0.4 is 0 Å². The maximum atomic E-state index is 10.8. The quantitative estimate of drug-likeness (QED) is 0.105. The van der Waals surface area contributed by atoms with Crippen molar-refractivity contribution in [1.82, 2.24) is 0 Å². The average Bonchev–Trinajstić information content (AvgIpc) is 4.02. The van der Waals surface area contributed by atoms with E-state index in [1.165, 1.54) is 66.3 Å². The number of thiophene rings is 4. The molecular formula is C43H41BBrCl3O5S5. The standard InChI is InChI=1S/C10H9ClS.C10H8O2S.C10H10OS.C9H7BrS.C4H7BO.Cl2OS/c1-7-5-8-3-2-4-9(6-11)10(8)12-7;1-6-5-7-3-2-4-8(10(11)12)9(7)13-6;1-7-5-8-3-2-4-9(6-11)10(8)12-7;1-6-5-7-3-2-4-8(10)9(7)11-6;5-4-2-1-3-6-4;1-4(2)3/h2-5H,6H2,1H3;2-5H,1H3,(H,11,12);2-5,11H,6H2,1H3;2-5H,1H3;4H,1-3H2;. The van der Waals surface area contributed by atoms with Crippen LogP contribution in [0.25, 0.3) is 40.3 Å². The Kier molecular flexibility index (Phi) is 20.2. The lowest BCUT2D eigenvalue weighted by atomic mass is 9.98. The molecule has 1 fully saturated rings. The highest BCUT2D eigenvalue weighted by Crippen LogP contribution is 2.32. The first-order valence-electron chi connectivity index (χ1n) is 17.8. The van der Waals surface area contributed by atoms with Crippen LogP contribution in [0.5, 0.6) is 0 Å². The molecule has 58 heavy (non-hydrogen) atoms. The van der Waals surface area contributed by atoms with Crippen molar-refractivity contribution in [2.24, 2.45) is 0 Å². The Morgan fingerprint density at radius 3 is 1.57 bits per heavy atom. The molecule has 0 aliphatic carbocycles. The number of fused-ring (bicyclic) bond motifs is 4. The monoisotopic (exact) mass is 992 g/mol. The van der Waals surface area contributed by atoms with Gasteiger partial charge in [-0.25, -0.2) is 9.00 Å². The fourth-order valence-electron chi connectivity index (χ4n) is 5.85. The van der Waals surface area contributed by atoms with E-state index in [1.807, 2.05) is 53.9 Å². The molecule has 4 aromatic carbocycles. The molecule has 4 aromatic heterocycles. The van der Waals surface area contributed by atoms with Crippen LogP contribution in [-0.2, 0) is 26.5 Å². The smallest absolute Gasteiger partial charge is 0.337 e. The van der Waals surface area contributed by atoms with E-state index in [0.717, 1.165) is 40.0 Å². The summed E-state index contributed by atoms with van der Waals surface area (Å²) in [5.41, 5.74) is 2.67. The molecule has 9 rings (SSSR count). The van der Waals surface area contributed by atoms with Crippen molar-refractivity contribution in [1.29, 1.82) is 0 Å². The van der Waals surface area contributed by atoms with Crippen molar-refractivity contribution < 1.29 is 24.0 Å². The van der Waals surface area contributed by atoms with E-state index in [0.29, 0.717) is 11.4 Å². The Labute approximate surface area is 381 Å². The highest BCUT2D eigenvalue weighted by molar-refractivity contribution is 9.10. The Morgan fingerprint density at radius 1 is 0.741 bits per heavy atom. The second-order valence-corrected chi connectivity index (χ2v) is 21.5. The van der Waals surface area contributed by atoms with Gasteiger partial charge in [0.25, 0.3) is 0 Å². The van der Waals surface area contributed by atoms with Crippen LogP contribution in [0.2, 0.25) is 0 Å². The van der Waals surface area contributed by atoms with Gasteiger partial charge < -0.3 is 14.9 Å². The Morgan fingerprint density at radius 2 is 1.16 bits per heavy atom. The van der Waals surface area contributed by atoms with Crippen LogP contribution in [0.3, 0.4) is 0 Å². The zero-order chi connectivity index (χ0) is 42.4. The molecule has 15 heteroatoms. The van der Waals surface area contributed by atoms with Crippen LogP contribution in [0.15, 0.2) is 102 Å². The van der Waals surface area contributed by atoms with Crippen molar-refractivity contribution in [3.8, 4) is 0 Å². The molecule has 0 amide bonds. The first-order valence-corrected chi connectivity index (χ1v) is 25.2. The molecule has 1 aliphatic heterocycles. The van der Waals surface area contributed by atoms with Gasteiger partial charge >= 0.3 is 5.97 Å². The van der Waals surface area contributed by atoms with Crippen molar-refractivity contribution in [2.45, 2.75) is 59.0 Å². The Hall–Kier alpha value is -2.33. The van der Waals surface area contributed by atoms with Gasteiger partial charge in [-0.1, -0.05) is 60.7 Å². The average molecular weight is 995 g/mol. The normalized spacial score (nSPS) is 13.0. The third-order valence-electron chi connectivity index (χ3n) is 8.29. The summed E-state index contributed by atoms with van der Waals surface area (Å²) in [6, 6.07) is 32.6. The van der Waals surface area contributed by atoms with Gasteiger partial charge in [-0.3, -0.25) is 0 Å². The number of carboxylic acids is 1. The zero-order valence-corrected chi connectivity index (χ0v) is 40.0. The van der Waals surface area contributed by atoms with Crippen molar-refractivity contribution in [2.75, 3.05) is 6.61 Å². The Bertz CT molecular complexity index is 2490. The predicted molar refractivity (Wildman–Crippen MR) is 261 cm³/mol. The van der Waals surface area contributed by atoms with E-state index in [9.17, 15) is 4.79 Å². The van der Waals surface area contributed by atoms with E-state index >= 15 is 0 Å². The summed E-state index contributed by atoms with van der Waals surface area (Å²) in [6.45, 7) is 9.33. The second-order valence-electron chi connectivity index (χ2n) is 12.8. The number of carboxylic acid groups (broad SMARTS) is 1. The van der Waals surface area contributed by atoms with Crippen molar-refractivity contribution >= 4 is 158 Å². The van der Waals surface area contributed by atoms with E-state index in [-0.39, 0.29) is 12.6 Å². The molecule has 1 atom stereocenters. The lowest BCUT2D eigenvalue weighted by molar-refractivity contribution is 0.0699. The summed E-state index contributed by atoms with van der Waals surface area (Å²) < 4.78 is 20.0. The summed E-state index contributed by atoms with van der Waals surface area (Å²) in [4.78, 5) is 16.0. The number of hydrogen-bond donors (Lipinski definition) is 2. The van der Waals surface area contributed by atoms with E-state index in [4.69, 9.17) is 38.6 Å². The maximum absolute atomic E-state index is 10.8. The van der Waals surface area contributed by atoms with Gasteiger partial charge in [0.05, 0.1) is 12.2 Å². The van der Waals surface area contributed by atoms with Crippen LogP contribution in [0, 0.1) is 27.7 Å². The van der Waals surface area contributed by atoms with Crippen LogP contribution in [0.4, 0.5) is 0 Å². The molecule has 8 aromatic rings. The van der Waals surface area contributed by atoms with E-state index in [1.54, 1.807) is 23.5 Å². The molecule has 0 bridgehead atoms. The first kappa shape index (κ1) is 48.3. The molecule has 1 aliphatic rings. The number of alkyl halides is 1. The van der Waals surface area contributed by atoms with Gasteiger partial charge in [-0.05, 0) is 126 Å². The fourth-order valence-corrected chi connectivity index (χ4v) is 10.8. The first-order chi connectivity index (χ1) is 27.7. The summed E-state index contributed by atoms with van der Waals surface area (Å²) in [5.74, 6) is -0.246. The number of aliphatic hydroxyl groups excluding tert-OH is 1. The SMILES string of the molecule is Cc1cc2cccc(Br)c2s1.Cc1cc2cccc(C(=O)O)c2s1.Cc1cc2cccc(CCl)c2s1.Cc1cc2cccc(CO)c2s1.O=S(Cl)Cl.[B]C1CCCO1. The molecule has 5 heterocycles. The molecular weight excluding hydrogens is 954 g/mol. The number of benzene rings is 4. The minimum atomic E-state index is -1.67. The number of aryl methyl sites for hydroxylation is 4. The highest BCUT2D eigenvalue weighted by Gasteiger charge is 2.10. The minimum Gasteiger partial charge on any atom is -0.478 e. The second kappa shape index (κ2) is 24.2. The number of rotatable bonds is 3. The van der Waals surface area contributed by atoms with Gasteiger partial charge in [-0.2, -0.15) is 0 Å². The lowest BCUT2D eigenvalue weighted by Crippen LogP contribution is -2.01. The van der Waals surface area contributed by atoms with E-state index < -0.39 is 15.2 Å². The van der Waals surface area contributed by atoms with Crippen molar-refractivity contribution in [3.05, 3.63) is 138 Å². The van der Waals surface area contributed by atoms with Gasteiger partial charge in [0.2, 0.25) is 9.23 Å². The fraction of sp³-hybridized carbons (Fsp3) is 0.233. The third-order valence-corrected chi connectivity index (χ3v) is 14.0. The lowest BCUT2D eigenvalue weighted by Gasteiger charge is -1.95. The Balaban J connectivity index is 0.000000159. The molecule has 0 saturated carbocycles. The third kappa shape index (κ3) is 14.7. The van der Waals surface area contributed by atoms with Gasteiger partial charge in [0.15, 0.2) is 0 Å². The van der Waals surface area contributed by atoms with Crippen molar-refractivity contribution in [3.63, 3.8) is 0 Å². The zero-order valence-electron chi connectivity index (χ0n) is 32.1. The van der Waals surface area contributed by atoms with Gasteiger partial charge in [-0.15, -0.1) is 56.9 Å². The van der Waals surface area contributed by atoms with Gasteiger partial charge in [0.1, 0.15) is 7.85 Å². The molecule has 1 saturated heterocycles. The molecule has 304 valence electrons. The van der Waals surface area contributed by atoms with Gasteiger partial charge in [0, 0.05) is 82.6 Å². The maximum Gasteiger partial charge on any atom is 0.337 e. The summed E-state index contributed by atoms with van der Waals surface area (Å²) in [5, 5.41) is 22.9. The number of halogens is 4. The van der Waals surface area contributed by atoms with Crippen LogP contribution in [-0.4, -0.2) is 40.8 Å². The largest absolute Gasteiger partial charge is 0.478 e. The number of hydrogen-bond acceptors (Lipinski definition) is 8. The topological polar surface area (TPSA) is 83.8 Å². The minimum absolute atomic E-state index is 0.0463. The summed E-state index contributed by atoms with van der Waals surface area (Å²) in [7, 11) is 12.7. The number of aliphatic hydroxyl groups is 1. The molecule has 2 radical (unpaired) electrons. The van der Waals surface area contributed by atoms with Crippen LogP contribution in [0.1, 0.15) is 53.8 Å². The number of aromatic carboxylic acids is 1. The molecule has 2 N–H and O–H groups in total. The number of ether oxygens (including phenoxy) is 1. The molecule has 1 unspecified atom stereocenters. The highest BCUT2D eigenvalue weighted by atomic mass is 79.9. The molecule has 5 nitrogen and oxygen atoms in total. The van der Waals surface area contributed by atoms with E-state index in [2.05, 4.69) is 119 Å². The predicted octanol–water partition coefficient (Wildman–Crippen LogP) is 14.9. The number of carbonyl (C=O) groups is 1. The summed E-state index contributed by atoms with van der Waals surface area (Å²) in [6.07, 6.45) is 2.18. The van der Waals surface area contributed by atoms with Crippen LogP contribution >= 0.6 is 94.2 Å². The summed E-state index contributed by atoms with van der Waals surface area (Å²) >= 11 is 16.3.